The van der Waals surface area contributed by atoms with Crippen LogP contribution in [0.2, 0.25) is 0 Å². The lowest BCUT2D eigenvalue weighted by Gasteiger charge is -2.35. The number of rotatable bonds is 5. The van der Waals surface area contributed by atoms with E-state index in [2.05, 4.69) is 6.92 Å². The molecule has 2 aliphatic rings. The van der Waals surface area contributed by atoms with Crippen LogP contribution in [0.15, 0.2) is 11.4 Å². The van der Waals surface area contributed by atoms with Crippen LogP contribution in [0, 0.1) is 0 Å². The van der Waals surface area contributed by atoms with Crippen LogP contribution in [0.3, 0.4) is 0 Å². The lowest BCUT2D eigenvalue weighted by Crippen LogP contribution is -2.53. The minimum atomic E-state index is -3.35. The van der Waals surface area contributed by atoms with Crippen molar-refractivity contribution in [2.45, 2.75) is 32.6 Å². The maximum atomic E-state index is 12.6. The van der Waals surface area contributed by atoms with E-state index in [0.717, 1.165) is 31.2 Å². The van der Waals surface area contributed by atoms with Gasteiger partial charge >= 0.3 is 0 Å². The van der Waals surface area contributed by atoms with E-state index in [9.17, 15) is 13.2 Å². The van der Waals surface area contributed by atoms with Crippen molar-refractivity contribution in [1.29, 1.82) is 0 Å². The van der Waals surface area contributed by atoms with Gasteiger partial charge < -0.3 is 4.90 Å². The van der Waals surface area contributed by atoms with E-state index in [1.165, 1.54) is 9.18 Å². The average molecular weight is 372 g/mol. The Bertz CT molecular complexity index is 672. The van der Waals surface area contributed by atoms with Gasteiger partial charge in [-0.3, -0.25) is 4.79 Å². The van der Waals surface area contributed by atoms with Crippen LogP contribution in [0.1, 0.15) is 41.4 Å². The summed E-state index contributed by atoms with van der Waals surface area (Å²) in [5, 5.41) is 1.92. The third kappa shape index (κ3) is 3.66. The van der Waals surface area contributed by atoms with Crippen LogP contribution in [-0.2, 0) is 16.6 Å². The van der Waals surface area contributed by atoms with Gasteiger partial charge in [0.1, 0.15) is 0 Å². The average Bonchev–Trinajstić information content (AvgIpc) is 3.27. The van der Waals surface area contributed by atoms with Crippen LogP contribution >= 0.6 is 11.3 Å². The summed E-state index contributed by atoms with van der Waals surface area (Å²) >= 11 is 1.63. The summed E-state index contributed by atoms with van der Waals surface area (Å²) in [5.41, 5.74) is 0.735. The maximum absolute atomic E-state index is 12.6. The van der Waals surface area contributed by atoms with E-state index in [0.29, 0.717) is 39.3 Å². The normalized spacial score (nSPS) is 20.6. The van der Waals surface area contributed by atoms with Crippen LogP contribution in [0.25, 0.3) is 0 Å². The summed E-state index contributed by atoms with van der Waals surface area (Å²) in [6, 6.07) is 1.98. The molecule has 0 bridgehead atoms. The van der Waals surface area contributed by atoms with Gasteiger partial charge in [-0.1, -0.05) is 13.3 Å². The molecule has 1 aromatic heterocycles. The van der Waals surface area contributed by atoms with Crippen molar-refractivity contribution in [1.82, 2.24) is 13.5 Å². The molecular formula is C16H25N3O3S2. The third-order valence-corrected chi connectivity index (χ3v) is 7.67. The zero-order valence-electron chi connectivity index (χ0n) is 14.1. The summed E-state index contributed by atoms with van der Waals surface area (Å²) in [5.74, 6) is 0.0202. The van der Waals surface area contributed by atoms with Gasteiger partial charge in [0.15, 0.2) is 0 Å². The number of nitrogens with zero attached hydrogens (tertiary/aromatic N) is 3. The van der Waals surface area contributed by atoms with Crippen molar-refractivity contribution < 1.29 is 13.2 Å². The molecule has 0 N–H and O–H groups in total. The largest absolute Gasteiger partial charge is 0.336 e. The molecular weight excluding hydrogens is 346 g/mol. The Morgan fingerprint density at radius 3 is 2.33 bits per heavy atom. The SMILES string of the molecule is CCCc1cc(C(=O)N2CCN(S(=O)(=O)N3CCCC3)CC2)cs1. The predicted molar refractivity (Wildman–Crippen MR) is 95.5 cm³/mol. The Morgan fingerprint density at radius 1 is 1.08 bits per heavy atom. The van der Waals surface area contributed by atoms with Gasteiger partial charge in [-0.2, -0.15) is 17.0 Å². The predicted octanol–water partition coefficient (Wildman–Crippen LogP) is 1.80. The monoisotopic (exact) mass is 371 g/mol. The molecule has 0 spiro atoms. The highest BCUT2D eigenvalue weighted by molar-refractivity contribution is 7.86. The van der Waals surface area contributed by atoms with Gasteiger partial charge in [-0.25, -0.2) is 0 Å². The molecule has 2 fully saturated rings. The van der Waals surface area contributed by atoms with Crippen molar-refractivity contribution in [3.05, 3.63) is 21.9 Å². The summed E-state index contributed by atoms with van der Waals surface area (Å²) < 4.78 is 28.2. The van der Waals surface area contributed by atoms with Gasteiger partial charge in [0.25, 0.3) is 16.1 Å². The Labute approximate surface area is 148 Å². The molecule has 24 heavy (non-hydrogen) atoms. The third-order valence-electron chi connectivity index (χ3n) is 4.64. The van der Waals surface area contributed by atoms with Gasteiger partial charge in [0.05, 0.1) is 5.56 Å². The van der Waals surface area contributed by atoms with Crippen molar-refractivity contribution in [2.24, 2.45) is 0 Å². The number of piperazine rings is 1. The number of hydrogen-bond acceptors (Lipinski definition) is 4. The molecule has 0 unspecified atom stereocenters. The summed E-state index contributed by atoms with van der Waals surface area (Å²) in [4.78, 5) is 15.6. The van der Waals surface area contributed by atoms with Crippen molar-refractivity contribution >= 4 is 27.5 Å². The van der Waals surface area contributed by atoms with Crippen LogP contribution in [0.5, 0.6) is 0 Å². The summed E-state index contributed by atoms with van der Waals surface area (Å²) in [6.07, 6.45) is 3.95. The number of carbonyl (C=O) groups is 1. The van der Waals surface area contributed by atoms with Gasteiger partial charge in [0.2, 0.25) is 0 Å². The van der Waals surface area contributed by atoms with Crippen LogP contribution in [0.4, 0.5) is 0 Å². The minimum Gasteiger partial charge on any atom is -0.336 e. The number of amides is 1. The van der Waals surface area contributed by atoms with E-state index < -0.39 is 10.2 Å². The molecule has 0 aromatic carbocycles. The van der Waals surface area contributed by atoms with E-state index in [1.807, 2.05) is 11.4 Å². The van der Waals surface area contributed by atoms with E-state index in [4.69, 9.17) is 0 Å². The first kappa shape index (κ1) is 17.8. The zero-order valence-corrected chi connectivity index (χ0v) is 15.7. The molecule has 134 valence electrons. The summed E-state index contributed by atoms with van der Waals surface area (Å²) in [6.45, 7) is 5.07. The molecule has 0 radical (unpaired) electrons. The van der Waals surface area contributed by atoms with Gasteiger partial charge in [-0.15, -0.1) is 11.3 Å². The topological polar surface area (TPSA) is 60.9 Å². The first-order valence-corrected chi connectivity index (χ1v) is 10.9. The van der Waals surface area contributed by atoms with Crippen LogP contribution in [-0.4, -0.2) is 67.1 Å². The molecule has 2 saturated heterocycles. The Morgan fingerprint density at radius 2 is 1.71 bits per heavy atom. The Hall–Kier alpha value is -0.960. The molecule has 1 aromatic rings. The maximum Gasteiger partial charge on any atom is 0.282 e. The van der Waals surface area contributed by atoms with Crippen LogP contribution < -0.4 is 0 Å². The van der Waals surface area contributed by atoms with E-state index in [-0.39, 0.29) is 5.91 Å². The molecule has 8 heteroatoms. The number of hydrogen-bond donors (Lipinski definition) is 0. The highest BCUT2D eigenvalue weighted by Gasteiger charge is 2.34. The van der Waals surface area contributed by atoms with E-state index >= 15 is 0 Å². The van der Waals surface area contributed by atoms with Gasteiger partial charge in [-0.05, 0) is 25.3 Å². The molecule has 0 saturated carbocycles. The first-order chi connectivity index (χ1) is 11.5. The number of aryl methyl sites for hydroxylation is 1. The fourth-order valence-electron chi connectivity index (χ4n) is 3.26. The second kappa shape index (κ2) is 7.51. The molecule has 0 aliphatic carbocycles. The number of thiophene rings is 1. The molecule has 6 nitrogen and oxygen atoms in total. The lowest BCUT2D eigenvalue weighted by molar-refractivity contribution is 0.0695. The van der Waals surface area contributed by atoms with Crippen molar-refractivity contribution in [3.8, 4) is 0 Å². The number of carbonyl (C=O) groups excluding carboxylic acids is 1. The standard InChI is InChI=1S/C16H25N3O3S2/c1-2-5-15-12-14(13-23-15)16(20)17-8-10-19(11-9-17)24(21,22)18-6-3-4-7-18/h12-13H,2-11H2,1H3. The lowest BCUT2D eigenvalue weighted by atomic mass is 10.2. The summed E-state index contributed by atoms with van der Waals surface area (Å²) in [7, 11) is -3.35. The Kier molecular flexibility index (Phi) is 5.59. The quantitative estimate of drug-likeness (QED) is 0.793. The zero-order chi connectivity index (χ0) is 17.2. The van der Waals surface area contributed by atoms with E-state index in [1.54, 1.807) is 20.5 Å². The minimum absolute atomic E-state index is 0.0202. The highest BCUT2D eigenvalue weighted by atomic mass is 32.2. The fraction of sp³-hybridized carbons (Fsp3) is 0.688. The molecule has 3 rings (SSSR count). The molecule has 0 atom stereocenters. The second-order valence-electron chi connectivity index (χ2n) is 6.36. The fourth-order valence-corrected chi connectivity index (χ4v) is 5.89. The van der Waals surface area contributed by atoms with Crippen molar-refractivity contribution in [2.75, 3.05) is 39.3 Å². The second-order valence-corrected chi connectivity index (χ2v) is 9.28. The van der Waals surface area contributed by atoms with Gasteiger partial charge in [0, 0.05) is 49.5 Å². The molecule has 1 amide bonds. The Balaban J connectivity index is 1.59. The first-order valence-electron chi connectivity index (χ1n) is 8.64. The van der Waals surface area contributed by atoms with Crippen molar-refractivity contribution in [3.63, 3.8) is 0 Å². The molecule has 3 heterocycles. The highest BCUT2D eigenvalue weighted by Crippen LogP contribution is 2.21. The smallest absolute Gasteiger partial charge is 0.282 e. The molecule has 2 aliphatic heterocycles.